The summed E-state index contributed by atoms with van der Waals surface area (Å²) in [6.07, 6.45) is 2.64. The molecule has 36 heavy (non-hydrogen) atoms. The molecule has 192 valence electrons. The molecule has 7 heteroatoms. The Morgan fingerprint density at radius 1 is 1.11 bits per heavy atom. The first-order chi connectivity index (χ1) is 17.5. The molecule has 1 N–H and O–H groups in total. The molecular weight excluding hydrogens is 452 g/mol. The van der Waals surface area contributed by atoms with E-state index in [0.717, 1.165) is 50.0 Å². The first-order valence-corrected chi connectivity index (χ1v) is 13.3. The van der Waals surface area contributed by atoms with Crippen molar-refractivity contribution in [3.05, 3.63) is 54.1 Å². The molecule has 2 aromatic carbocycles. The van der Waals surface area contributed by atoms with Crippen LogP contribution in [0.4, 0.5) is 0 Å². The number of hydrogen-bond donors (Lipinski definition) is 1. The van der Waals surface area contributed by atoms with E-state index in [9.17, 15) is 9.59 Å². The summed E-state index contributed by atoms with van der Waals surface area (Å²) in [6.45, 7) is 11.5. The number of rotatable bonds is 10. The first kappa shape index (κ1) is 25.9. The van der Waals surface area contributed by atoms with Crippen LogP contribution in [-0.4, -0.2) is 65.9 Å². The molecule has 0 aliphatic carbocycles. The molecule has 1 fully saturated rings. The van der Waals surface area contributed by atoms with Crippen LogP contribution in [0.1, 0.15) is 50.4 Å². The molecule has 1 saturated heterocycles. The molecule has 1 aliphatic heterocycles. The lowest BCUT2D eigenvalue weighted by Crippen LogP contribution is -2.43. The highest BCUT2D eigenvalue weighted by Crippen LogP contribution is 2.28. The summed E-state index contributed by atoms with van der Waals surface area (Å²) in [5, 5.41) is 3.11. The van der Waals surface area contributed by atoms with Crippen molar-refractivity contribution in [2.45, 2.75) is 40.0 Å². The van der Waals surface area contributed by atoms with Gasteiger partial charge in [0.1, 0.15) is 5.52 Å². The highest BCUT2D eigenvalue weighted by molar-refractivity contribution is 5.97. The number of fused-ring (bicyclic) bond motifs is 1. The summed E-state index contributed by atoms with van der Waals surface area (Å²) in [5.41, 5.74) is 2.86. The lowest BCUT2D eigenvalue weighted by molar-refractivity contribution is -0.126. The second-order valence-electron chi connectivity index (χ2n) is 9.66. The van der Waals surface area contributed by atoms with Crippen LogP contribution >= 0.6 is 0 Å². The molecule has 0 radical (unpaired) electrons. The zero-order valence-electron chi connectivity index (χ0n) is 21.7. The molecule has 1 atom stereocenters. The van der Waals surface area contributed by atoms with E-state index >= 15 is 0 Å². The van der Waals surface area contributed by atoms with E-state index in [1.165, 1.54) is 0 Å². The van der Waals surface area contributed by atoms with E-state index in [4.69, 9.17) is 4.42 Å². The fourth-order valence-electron chi connectivity index (χ4n) is 4.98. The Balaban J connectivity index is 1.28. The van der Waals surface area contributed by atoms with E-state index in [0.29, 0.717) is 42.6 Å². The Bertz CT molecular complexity index is 1150. The van der Waals surface area contributed by atoms with Gasteiger partial charge in [0.05, 0.1) is 0 Å². The van der Waals surface area contributed by atoms with Crippen LogP contribution < -0.4 is 5.32 Å². The van der Waals surface area contributed by atoms with E-state index in [1.54, 1.807) is 6.07 Å². The molecule has 1 unspecified atom stereocenters. The van der Waals surface area contributed by atoms with Crippen molar-refractivity contribution < 1.29 is 14.0 Å². The molecule has 4 rings (SSSR count). The fraction of sp³-hybridized carbons (Fsp3) is 0.483. The summed E-state index contributed by atoms with van der Waals surface area (Å²) in [4.78, 5) is 34.7. The normalized spacial score (nSPS) is 15.4. The average Bonchev–Trinajstić information content (AvgIpc) is 3.36. The van der Waals surface area contributed by atoms with Crippen molar-refractivity contribution in [3.63, 3.8) is 0 Å². The second kappa shape index (κ2) is 12.2. The Morgan fingerprint density at radius 2 is 1.83 bits per heavy atom. The summed E-state index contributed by atoms with van der Waals surface area (Å²) in [5.74, 6) is 0.932. The monoisotopic (exact) mass is 490 g/mol. The number of carbonyl (C=O) groups is 2. The van der Waals surface area contributed by atoms with Crippen molar-refractivity contribution in [1.29, 1.82) is 0 Å². The van der Waals surface area contributed by atoms with Crippen LogP contribution in [0.2, 0.25) is 0 Å². The van der Waals surface area contributed by atoms with E-state index < -0.39 is 0 Å². The Kier molecular flexibility index (Phi) is 8.75. The maximum absolute atomic E-state index is 13.2. The van der Waals surface area contributed by atoms with E-state index in [2.05, 4.69) is 29.0 Å². The maximum Gasteiger partial charge on any atom is 0.253 e. The number of nitrogens with zero attached hydrogens (tertiary/aromatic N) is 3. The third-order valence-electron chi connectivity index (χ3n) is 7.45. The summed E-state index contributed by atoms with van der Waals surface area (Å²) >= 11 is 0. The maximum atomic E-state index is 13.2. The minimum absolute atomic E-state index is 0.00141. The lowest BCUT2D eigenvalue weighted by atomic mass is 9.84. The van der Waals surface area contributed by atoms with Crippen LogP contribution in [0.5, 0.6) is 0 Å². The molecular formula is C29H38N4O3. The van der Waals surface area contributed by atoms with Crippen LogP contribution in [0.15, 0.2) is 52.9 Å². The number of amides is 2. The number of benzene rings is 2. The molecule has 3 aromatic rings. The number of carbonyl (C=O) groups excluding carboxylic acids is 2. The number of oxazole rings is 1. The fourth-order valence-corrected chi connectivity index (χ4v) is 4.98. The molecule has 2 heterocycles. The van der Waals surface area contributed by atoms with Crippen molar-refractivity contribution in [3.8, 4) is 11.5 Å². The average molecular weight is 491 g/mol. The highest BCUT2D eigenvalue weighted by Gasteiger charge is 2.30. The highest BCUT2D eigenvalue weighted by atomic mass is 16.3. The Hall–Kier alpha value is -3.19. The molecule has 0 bridgehead atoms. The van der Waals surface area contributed by atoms with Gasteiger partial charge in [-0.3, -0.25) is 9.59 Å². The summed E-state index contributed by atoms with van der Waals surface area (Å²) in [7, 11) is 0. The number of hydrogen-bond acceptors (Lipinski definition) is 5. The predicted molar refractivity (Wildman–Crippen MR) is 143 cm³/mol. The number of nitrogens with one attached hydrogen (secondary N) is 1. The number of aromatic nitrogens is 1. The first-order valence-electron chi connectivity index (χ1n) is 13.3. The molecule has 1 aromatic heterocycles. The van der Waals surface area contributed by atoms with Crippen LogP contribution in [0.3, 0.4) is 0 Å². The third kappa shape index (κ3) is 6.13. The number of likely N-dealkylation sites (tertiary alicyclic amines) is 1. The minimum Gasteiger partial charge on any atom is -0.436 e. The SMILES string of the molecule is CCN(CC)CCCNC(=O)C(C)C1CCN(C(=O)c2ccc3nc(-c4ccccc4)oc3c2)CC1. The quantitative estimate of drug-likeness (QED) is 0.412. The van der Waals surface area contributed by atoms with Gasteiger partial charge < -0.3 is 19.5 Å². The largest absolute Gasteiger partial charge is 0.436 e. The van der Waals surface area contributed by atoms with Gasteiger partial charge in [0.25, 0.3) is 5.91 Å². The molecule has 2 amide bonds. The van der Waals surface area contributed by atoms with Gasteiger partial charge in [-0.15, -0.1) is 0 Å². The zero-order valence-corrected chi connectivity index (χ0v) is 21.7. The smallest absolute Gasteiger partial charge is 0.253 e. The minimum atomic E-state index is -0.0438. The lowest BCUT2D eigenvalue weighted by Gasteiger charge is -2.34. The van der Waals surface area contributed by atoms with Gasteiger partial charge in [-0.25, -0.2) is 4.98 Å². The van der Waals surface area contributed by atoms with Crippen molar-refractivity contribution in [2.24, 2.45) is 11.8 Å². The topological polar surface area (TPSA) is 78.7 Å². The van der Waals surface area contributed by atoms with Crippen LogP contribution in [0, 0.1) is 11.8 Å². The molecule has 0 spiro atoms. The Labute approximate surface area is 213 Å². The number of piperidine rings is 1. The molecule has 0 saturated carbocycles. The molecule has 1 aliphatic rings. The van der Waals surface area contributed by atoms with E-state index in [1.807, 2.05) is 54.3 Å². The van der Waals surface area contributed by atoms with Crippen molar-refractivity contribution >= 4 is 22.9 Å². The molecule has 7 nitrogen and oxygen atoms in total. The van der Waals surface area contributed by atoms with Gasteiger partial charge in [-0.05, 0) is 75.1 Å². The van der Waals surface area contributed by atoms with Gasteiger partial charge in [0, 0.05) is 36.7 Å². The van der Waals surface area contributed by atoms with Gasteiger partial charge >= 0.3 is 0 Å². The van der Waals surface area contributed by atoms with Gasteiger partial charge in [-0.1, -0.05) is 39.0 Å². The van der Waals surface area contributed by atoms with Gasteiger partial charge in [0.15, 0.2) is 5.58 Å². The van der Waals surface area contributed by atoms with Crippen molar-refractivity contribution in [2.75, 3.05) is 39.3 Å². The second-order valence-corrected chi connectivity index (χ2v) is 9.66. The zero-order chi connectivity index (χ0) is 25.5. The predicted octanol–water partition coefficient (Wildman–Crippen LogP) is 4.83. The van der Waals surface area contributed by atoms with Gasteiger partial charge in [0.2, 0.25) is 11.8 Å². The Morgan fingerprint density at radius 3 is 2.53 bits per heavy atom. The standard InChI is InChI=1S/C29H38N4O3/c1-4-32(5-2)17-9-16-30-27(34)21(3)22-14-18-33(19-15-22)29(35)24-12-13-25-26(20-24)36-28(31-25)23-10-7-6-8-11-23/h6-8,10-13,20-22H,4-5,9,14-19H2,1-3H3,(H,30,34). The summed E-state index contributed by atoms with van der Waals surface area (Å²) in [6, 6.07) is 15.2. The van der Waals surface area contributed by atoms with Crippen LogP contribution in [0.25, 0.3) is 22.6 Å². The third-order valence-corrected chi connectivity index (χ3v) is 7.45. The van der Waals surface area contributed by atoms with Crippen LogP contribution in [-0.2, 0) is 4.79 Å². The van der Waals surface area contributed by atoms with E-state index in [-0.39, 0.29) is 17.7 Å². The summed E-state index contributed by atoms with van der Waals surface area (Å²) < 4.78 is 5.94. The van der Waals surface area contributed by atoms with Gasteiger partial charge in [-0.2, -0.15) is 0 Å². The van der Waals surface area contributed by atoms with Crippen molar-refractivity contribution in [1.82, 2.24) is 20.1 Å².